The molecule has 34 heavy (non-hydrogen) atoms. The van der Waals surface area contributed by atoms with E-state index in [1.165, 1.54) is 18.2 Å². The quantitative estimate of drug-likeness (QED) is 0.395. The van der Waals surface area contributed by atoms with Crippen molar-refractivity contribution in [3.63, 3.8) is 0 Å². The predicted octanol–water partition coefficient (Wildman–Crippen LogP) is 4.74. The molecular weight excluding hydrogens is 522 g/mol. The molecule has 0 fully saturated rings. The number of rotatable bonds is 8. The van der Waals surface area contributed by atoms with Crippen molar-refractivity contribution in [3.05, 3.63) is 81.8 Å². The van der Waals surface area contributed by atoms with E-state index in [0.717, 1.165) is 11.3 Å². The highest BCUT2D eigenvalue weighted by molar-refractivity contribution is 9.10. The van der Waals surface area contributed by atoms with Gasteiger partial charge < -0.3 is 19.9 Å². The fourth-order valence-electron chi connectivity index (χ4n) is 3.07. The molecule has 2 N–H and O–H groups in total. The van der Waals surface area contributed by atoms with Crippen LogP contribution in [0.15, 0.2) is 70.0 Å². The van der Waals surface area contributed by atoms with E-state index in [-0.39, 0.29) is 22.8 Å². The van der Waals surface area contributed by atoms with E-state index < -0.39 is 21.7 Å². The summed E-state index contributed by atoms with van der Waals surface area (Å²) in [4.78, 5) is 11.6. The first-order valence-electron chi connectivity index (χ1n) is 10.1. The molecule has 0 unspecified atom stereocenters. The molecule has 0 saturated heterocycles. The van der Waals surface area contributed by atoms with Gasteiger partial charge in [0, 0.05) is 10.0 Å². The Kier molecular flexibility index (Phi) is 8.21. The van der Waals surface area contributed by atoms with E-state index in [9.17, 15) is 18.3 Å². The molecule has 0 heterocycles. The molecule has 3 aromatic carbocycles. The molecule has 0 aliphatic heterocycles. The first-order valence-corrected chi connectivity index (χ1v) is 12.5. The molecule has 9 heteroatoms. The first-order chi connectivity index (χ1) is 16.2. The predicted molar refractivity (Wildman–Crippen MR) is 133 cm³/mol. The third kappa shape index (κ3) is 6.53. The number of hydrogen-bond acceptors (Lipinski definition) is 6. The zero-order valence-corrected chi connectivity index (χ0v) is 20.9. The Bertz CT molecular complexity index is 1340. The average Bonchev–Trinajstić information content (AvgIpc) is 2.81. The van der Waals surface area contributed by atoms with Crippen LogP contribution in [0, 0.1) is 18.8 Å². The highest BCUT2D eigenvalue weighted by atomic mass is 79.9. The van der Waals surface area contributed by atoms with Gasteiger partial charge in [-0.25, -0.2) is 13.2 Å². The molecule has 176 valence electrons. The lowest BCUT2D eigenvalue weighted by Gasteiger charge is -2.14. The van der Waals surface area contributed by atoms with Gasteiger partial charge in [-0.2, -0.15) is 0 Å². The summed E-state index contributed by atoms with van der Waals surface area (Å²) in [5, 5.41) is 12.2. The topological polar surface area (TPSA) is 102 Å². The number of sulfone groups is 1. The van der Waals surface area contributed by atoms with E-state index in [4.69, 9.17) is 9.47 Å². The van der Waals surface area contributed by atoms with Crippen LogP contribution in [-0.2, 0) is 9.84 Å². The van der Waals surface area contributed by atoms with Crippen molar-refractivity contribution in [1.82, 2.24) is 0 Å². The SMILES string of the molecule is COc1ccc(C#CCOc2ccc(S(=O)(=O)CNc3c(C)cc(Br)cc3C(=O)O)cc2)cc1. The molecular formula is C25H22BrNO6S. The zero-order chi connectivity index (χ0) is 24.7. The molecule has 0 atom stereocenters. The van der Waals surface area contributed by atoms with Gasteiger partial charge in [0.05, 0.1) is 23.3 Å². The maximum absolute atomic E-state index is 12.7. The first kappa shape index (κ1) is 25.1. The molecule has 0 aromatic heterocycles. The van der Waals surface area contributed by atoms with Crippen LogP contribution in [0.5, 0.6) is 11.5 Å². The maximum atomic E-state index is 12.7. The summed E-state index contributed by atoms with van der Waals surface area (Å²) in [5.41, 5.74) is 1.68. The van der Waals surface area contributed by atoms with Crippen molar-refractivity contribution >= 4 is 37.4 Å². The molecule has 3 aromatic rings. The summed E-state index contributed by atoms with van der Waals surface area (Å²) < 4.78 is 36.8. The number of carbonyl (C=O) groups is 1. The number of halogens is 1. The Morgan fingerprint density at radius 2 is 1.71 bits per heavy atom. The van der Waals surface area contributed by atoms with Crippen LogP contribution < -0.4 is 14.8 Å². The van der Waals surface area contributed by atoms with Crippen LogP contribution in [0.3, 0.4) is 0 Å². The number of aromatic carboxylic acids is 1. The van der Waals surface area contributed by atoms with Gasteiger partial charge in [0.1, 0.15) is 24.0 Å². The number of nitrogens with one attached hydrogen (secondary N) is 1. The maximum Gasteiger partial charge on any atom is 0.337 e. The van der Waals surface area contributed by atoms with Crippen molar-refractivity contribution in [2.75, 3.05) is 24.9 Å². The summed E-state index contributed by atoms with van der Waals surface area (Å²) in [6, 6.07) is 16.4. The summed E-state index contributed by atoms with van der Waals surface area (Å²) >= 11 is 3.25. The highest BCUT2D eigenvalue weighted by Crippen LogP contribution is 2.27. The van der Waals surface area contributed by atoms with E-state index in [2.05, 4.69) is 33.1 Å². The van der Waals surface area contributed by atoms with E-state index in [1.807, 2.05) is 24.3 Å². The van der Waals surface area contributed by atoms with Crippen molar-refractivity contribution < 1.29 is 27.8 Å². The van der Waals surface area contributed by atoms with Crippen LogP contribution >= 0.6 is 15.9 Å². The lowest BCUT2D eigenvalue weighted by Crippen LogP contribution is -2.17. The molecule has 0 spiro atoms. The number of methoxy groups -OCH3 is 1. The van der Waals surface area contributed by atoms with E-state index in [0.29, 0.717) is 15.8 Å². The van der Waals surface area contributed by atoms with E-state index >= 15 is 0 Å². The largest absolute Gasteiger partial charge is 0.497 e. The van der Waals surface area contributed by atoms with Crippen LogP contribution in [0.2, 0.25) is 0 Å². The van der Waals surface area contributed by atoms with Gasteiger partial charge in [0.15, 0.2) is 9.84 Å². The molecule has 0 bridgehead atoms. The monoisotopic (exact) mass is 543 g/mol. The van der Waals surface area contributed by atoms with Crippen molar-refractivity contribution in [3.8, 4) is 23.3 Å². The highest BCUT2D eigenvalue weighted by Gasteiger charge is 2.18. The molecule has 0 amide bonds. The molecule has 0 aliphatic rings. The Balaban J connectivity index is 1.62. The minimum absolute atomic E-state index is 0.0124. The number of aryl methyl sites for hydroxylation is 1. The zero-order valence-electron chi connectivity index (χ0n) is 18.5. The van der Waals surface area contributed by atoms with Crippen molar-refractivity contribution in [2.45, 2.75) is 11.8 Å². The Morgan fingerprint density at radius 1 is 1.06 bits per heavy atom. The van der Waals surface area contributed by atoms with Gasteiger partial charge in [-0.1, -0.05) is 27.8 Å². The van der Waals surface area contributed by atoms with Gasteiger partial charge in [-0.15, -0.1) is 0 Å². The van der Waals surface area contributed by atoms with Crippen LogP contribution in [0.4, 0.5) is 5.69 Å². The summed E-state index contributed by atoms with van der Waals surface area (Å²) in [7, 11) is -2.12. The molecule has 7 nitrogen and oxygen atoms in total. The van der Waals surface area contributed by atoms with Crippen LogP contribution in [0.1, 0.15) is 21.5 Å². The van der Waals surface area contributed by atoms with Gasteiger partial charge in [0.2, 0.25) is 0 Å². The lowest BCUT2D eigenvalue weighted by atomic mass is 10.1. The smallest absolute Gasteiger partial charge is 0.337 e. The third-order valence-corrected chi connectivity index (χ3v) is 6.76. The third-order valence-electron chi connectivity index (χ3n) is 4.79. The summed E-state index contributed by atoms with van der Waals surface area (Å²) in [6.45, 7) is 1.84. The Labute approximate surface area is 206 Å². The molecule has 0 saturated carbocycles. The van der Waals surface area contributed by atoms with Crippen LogP contribution in [-0.4, -0.2) is 39.1 Å². The minimum Gasteiger partial charge on any atom is -0.497 e. The standard InChI is InChI=1S/C25H22BrNO6S/c1-17-14-19(26)15-23(25(28)29)24(17)27-16-34(30,31)22-11-9-21(10-12-22)33-13-3-4-18-5-7-20(32-2)8-6-18/h5-12,14-15,27H,13,16H2,1-2H3,(H,28,29). The average molecular weight is 544 g/mol. The molecule has 3 rings (SSSR count). The summed E-state index contributed by atoms with van der Waals surface area (Å²) in [6.07, 6.45) is 0. The molecule has 0 aliphatic carbocycles. The van der Waals surface area contributed by atoms with E-state index in [1.54, 1.807) is 32.2 Å². The second-order valence-electron chi connectivity index (χ2n) is 7.18. The number of carboxylic acids is 1. The van der Waals surface area contributed by atoms with Gasteiger partial charge in [-0.05, 0) is 73.2 Å². The Morgan fingerprint density at radius 3 is 2.32 bits per heavy atom. The second kappa shape index (κ2) is 11.1. The fraction of sp³-hybridized carbons (Fsp3) is 0.160. The normalized spacial score (nSPS) is 10.7. The Hall–Kier alpha value is -3.48. The van der Waals surface area contributed by atoms with Crippen molar-refractivity contribution in [2.24, 2.45) is 0 Å². The molecule has 0 radical (unpaired) electrons. The number of ether oxygens (including phenoxy) is 2. The minimum atomic E-state index is -3.72. The van der Waals surface area contributed by atoms with Crippen molar-refractivity contribution in [1.29, 1.82) is 0 Å². The fourth-order valence-corrected chi connectivity index (χ4v) is 4.70. The number of benzene rings is 3. The number of anilines is 1. The summed E-state index contributed by atoms with van der Waals surface area (Å²) in [5.74, 6) is 5.50. The number of carboxylic acid groups (broad SMARTS) is 1. The van der Waals surface area contributed by atoms with Gasteiger partial charge >= 0.3 is 5.97 Å². The number of hydrogen-bond donors (Lipinski definition) is 2. The lowest BCUT2D eigenvalue weighted by molar-refractivity contribution is 0.0697. The van der Waals surface area contributed by atoms with Gasteiger partial charge in [0.25, 0.3) is 0 Å². The van der Waals surface area contributed by atoms with Crippen LogP contribution in [0.25, 0.3) is 0 Å². The second-order valence-corrected chi connectivity index (χ2v) is 10.1. The van der Waals surface area contributed by atoms with Gasteiger partial charge in [-0.3, -0.25) is 0 Å².